The van der Waals surface area contributed by atoms with E-state index in [0.717, 1.165) is 12.3 Å². The molecule has 0 amide bonds. The normalized spacial score (nSPS) is 10.6. The summed E-state index contributed by atoms with van der Waals surface area (Å²) in [7, 11) is 0. The predicted molar refractivity (Wildman–Crippen MR) is 42.6 cm³/mol. The molecule has 1 aromatic heterocycles. The summed E-state index contributed by atoms with van der Waals surface area (Å²) in [5.74, 6) is -2.61. The highest BCUT2D eigenvalue weighted by Crippen LogP contribution is 2.25. The van der Waals surface area contributed by atoms with Crippen LogP contribution in [0.3, 0.4) is 0 Å². The zero-order chi connectivity index (χ0) is 12.3. The van der Waals surface area contributed by atoms with Crippen LogP contribution in [-0.4, -0.2) is 22.4 Å². The van der Waals surface area contributed by atoms with Gasteiger partial charge in [0.15, 0.2) is 0 Å². The van der Waals surface area contributed by atoms with Crippen molar-refractivity contribution in [2.75, 3.05) is 0 Å². The highest BCUT2D eigenvalue weighted by molar-refractivity contribution is 5.91. The first-order valence-electron chi connectivity index (χ1n) is 3.73. The Morgan fingerprint density at radius 1 is 1.56 bits per heavy atom. The van der Waals surface area contributed by atoms with Crippen LogP contribution in [0.15, 0.2) is 12.3 Å². The second-order valence-corrected chi connectivity index (χ2v) is 2.50. The summed E-state index contributed by atoms with van der Waals surface area (Å²) < 4.78 is 39.0. The number of aromatic nitrogens is 1. The van der Waals surface area contributed by atoms with Gasteiger partial charge in [-0.05, 0) is 6.07 Å². The van der Waals surface area contributed by atoms with Crippen LogP contribution in [0.2, 0.25) is 0 Å². The number of rotatable bonds is 2. The number of alkyl halides is 3. The van der Waals surface area contributed by atoms with Gasteiger partial charge in [0, 0.05) is 6.20 Å². The maximum Gasteiger partial charge on any atom is 0.574 e. The lowest BCUT2D eigenvalue weighted by atomic mass is 10.1. The molecular formula is C8H3F3N2O3. The molecule has 0 radical (unpaired) electrons. The molecule has 5 nitrogen and oxygen atoms in total. The summed E-state index contributed by atoms with van der Waals surface area (Å²) in [6.07, 6.45) is -4.22. The highest BCUT2D eigenvalue weighted by Gasteiger charge is 2.33. The van der Waals surface area contributed by atoms with E-state index in [4.69, 9.17) is 10.4 Å². The molecule has 0 aliphatic heterocycles. The van der Waals surface area contributed by atoms with E-state index in [1.807, 2.05) is 0 Å². The van der Waals surface area contributed by atoms with Crippen LogP contribution in [0.4, 0.5) is 13.2 Å². The smallest absolute Gasteiger partial charge is 0.478 e. The minimum atomic E-state index is -5.03. The molecule has 84 valence electrons. The van der Waals surface area contributed by atoms with Crippen LogP contribution in [-0.2, 0) is 0 Å². The van der Waals surface area contributed by atoms with Gasteiger partial charge in [0.05, 0.1) is 5.56 Å². The van der Waals surface area contributed by atoms with E-state index >= 15 is 0 Å². The first-order valence-corrected chi connectivity index (χ1v) is 3.73. The van der Waals surface area contributed by atoms with Gasteiger partial charge >= 0.3 is 12.3 Å². The number of nitriles is 1. The van der Waals surface area contributed by atoms with E-state index in [0.29, 0.717) is 0 Å². The molecule has 0 fully saturated rings. The van der Waals surface area contributed by atoms with E-state index in [1.165, 1.54) is 6.07 Å². The molecule has 0 bridgehead atoms. The van der Waals surface area contributed by atoms with E-state index in [9.17, 15) is 18.0 Å². The van der Waals surface area contributed by atoms with E-state index in [2.05, 4.69) is 9.72 Å². The average molecular weight is 232 g/mol. The van der Waals surface area contributed by atoms with Gasteiger partial charge in [-0.2, -0.15) is 5.26 Å². The van der Waals surface area contributed by atoms with Crippen LogP contribution >= 0.6 is 0 Å². The quantitative estimate of drug-likeness (QED) is 0.836. The van der Waals surface area contributed by atoms with E-state index in [1.54, 1.807) is 0 Å². The van der Waals surface area contributed by atoms with Gasteiger partial charge in [0.2, 0.25) is 5.88 Å². The number of ether oxygens (including phenoxy) is 1. The van der Waals surface area contributed by atoms with Crippen molar-refractivity contribution in [2.45, 2.75) is 6.36 Å². The monoisotopic (exact) mass is 232 g/mol. The average Bonchev–Trinajstić information content (AvgIpc) is 2.14. The summed E-state index contributed by atoms with van der Waals surface area (Å²) in [5.41, 5.74) is -1.37. The third kappa shape index (κ3) is 2.60. The molecule has 0 unspecified atom stereocenters. The van der Waals surface area contributed by atoms with Crippen LogP contribution in [0, 0.1) is 11.3 Å². The maximum atomic E-state index is 11.9. The van der Waals surface area contributed by atoms with Crippen LogP contribution in [0.1, 0.15) is 15.9 Å². The molecule has 8 heteroatoms. The molecule has 1 N–H and O–H groups in total. The van der Waals surface area contributed by atoms with Crippen LogP contribution < -0.4 is 4.74 Å². The van der Waals surface area contributed by atoms with E-state index in [-0.39, 0.29) is 0 Å². The molecular weight excluding hydrogens is 229 g/mol. The summed E-state index contributed by atoms with van der Waals surface area (Å²) in [5, 5.41) is 17.1. The maximum absolute atomic E-state index is 11.9. The first kappa shape index (κ1) is 11.8. The minimum absolute atomic E-state index is 0.600. The Balaban J connectivity index is 3.26. The van der Waals surface area contributed by atoms with Crippen molar-refractivity contribution in [3.8, 4) is 11.9 Å². The van der Waals surface area contributed by atoms with Gasteiger partial charge in [0.25, 0.3) is 0 Å². The lowest BCUT2D eigenvalue weighted by Gasteiger charge is -2.09. The summed E-state index contributed by atoms with van der Waals surface area (Å²) in [6.45, 7) is 0. The first-order chi connectivity index (χ1) is 7.35. The molecule has 1 aromatic rings. The summed E-state index contributed by atoms with van der Waals surface area (Å²) in [4.78, 5) is 13.7. The molecule has 1 heterocycles. The predicted octanol–water partition coefficient (Wildman–Crippen LogP) is 1.55. The van der Waals surface area contributed by atoms with Gasteiger partial charge in [0.1, 0.15) is 11.6 Å². The van der Waals surface area contributed by atoms with Crippen molar-refractivity contribution >= 4 is 5.97 Å². The fourth-order valence-electron chi connectivity index (χ4n) is 0.916. The number of nitrogens with zero attached hydrogens (tertiary/aromatic N) is 2. The van der Waals surface area contributed by atoms with Gasteiger partial charge in [-0.3, -0.25) is 0 Å². The molecule has 16 heavy (non-hydrogen) atoms. The zero-order valence-corrected chi connectivity index (χ0v) is 7.45. The summed E-state index contributed by atoms with van der Waals surface area (Å²) in [6, 6.07) is 2.21. The molecule has 0 spiro atoms. The van der Waals surface area contributed by atoms with Gasteiger partial charge in [-0.1, -0.05) is 0 Å². The number of carboxylic acids is 1. The summed E-state index contributed by atoms with van der Waals surface area (Å²) >= 11 is 0. The van der Waals surface area contributed by atoms with Crippen molar-refractivity contribution < 1.29 is 27.8 Å². The van der Waals surface area contributed by atoms with Crippen molar-refractivity contribution in [1.82, 2.24) is 4.98 Å². The van der Waals surface area contributed by atoms with Gasteiger partial charge < -0.3 is 9.84 Å². The van der Waals surface area contributed by atoms with Crippen molar-refractivity contribution in [3.05, 3.63) is 23.4 Å². The van der Waals surface area contributed by atoms with Gasteiger partial charge in [-0.25, -0.2) is 9.78 Å². The fraction of sp³-hybridized carbons (Fsp3) is 0.125. The van der Waals surface area contributed by atoms with E-state index < -0.39 is 29.3 Å². The molecule has 0 aliphatic carbocycles. The highest BCUT2D eigenvalue weighted by atomic mass is 19.4. The molecule has 0 aromatic carbocycles. The SMILES string of the molecule is N#Cc1c(C(=O)O)ccnc1OC(F)(F)F. The number of pyridine rings is 1. The van der Waals surface area contributed by atoms with Crippen LogP contribution in [0.25, 0.3) is 0 Å². The van der Waals surface area contributed by atoms with Crippen molar-refractivity contribution in [1.29, 1.82) is 5.26 Å². The third-order valence-corrected chi connectivity index (χ3v) is 1.47. The van der Waals surface area contributed by atoms with Crippen molar-refractivity contribution in [2.24, 2.45) is 0 Å². The number of halogens is 3. The third-order valence-electron chi connectivity index (χ3n) is 1.47. The minimum Gasteiger partial charge on any atom is -0.478 e. The largest absolute Gasteiger partial charge is 0.574 e. The molecule has 0 aliphatic rings. The Labute approximate surface area is 86.7 Å². The Hall–Kier alpha value is -2.30. The molecule has 0 saturated heterocycles. The van der Waals surface area contributed by atoms with Crippen molar-refractivity contribution in [3.63, 3.8) is 0 Å². The van der Waals surface area contributed by atoms with Gasteiger partial charge in [-0.15, -0.1) is 13.2 Å². The number of carboxylic acid groups (broad SMARTS) is 1. The Bertz CT molecular complexity index is 465. The second-order valence-electron chi connectivity index (χ2n) is 2.50. The molecule has 0 saturated carbocycles. The second kappa shape index (κ2) is 4.06. The number of hydrogen-bond donors (Lipinski definition) is 1. The Kier molecular flexibility index (Phi) is 2.99. The fourth-order valence-corrected chi connectivity index (χ4v) is 0.916. The number of carbonyl (C=O) groups is 1. The molecule has 1 rings (SSSR count). The molecule has 0 atom stereocenters. The Morgan fingerprint density at radius 2 is 2.19 bits per heavy atom. The topological polar surface area (TPSA) is 83.2 Å². The Morgan fingerprint density at radius 3 is 2.62 bits per heavy atom. The standard InChI is InChI=1S/C8H3F3N2O3/c9-8(10,11)16-6-5(3-12)4(7(14)15)1-2-13-6/h1-2H,(H,14,15). The lowest BCUT2D eigenvalue weighted by Crippen LogP contribution is -2.19. The zero-order valence-electron chi connectivity index (χ0n) is 7.45. The van der Waals surface area contributed by atoms with Crippen LogP contribution in [0.5, 0.6) is 5.88 Å². The number of hydrogen-bond acceptors (Lipinski definition) is 4. The lowest BCUT2D eigenvalue weighted by molar-refractivity contribution is -0.276. The number of aromatic carboxylic acids is 1.